The van der Waals surface area contributed by atoms with Crippen LogP contribution in [-0.4, -0.2) is 30.6 Å². The fourth-order valence-corrected chi connectivity index (χ4v) is 4.05. The number of hydrogen-bond acceptors (Lipinski definition) is 3. The van der Waals surface area contributed by atoms with Crippen molar-refractivity contribution in [1.29, 1.82) is 0 Å². The fraction of sp³-hybridized carbons (Fsp3) is 0.529. The first-order valence-corrected chi connectivity index (χ1v) is 8.65. The number of nitrogens with one attached hydrogen (secondary N) is 1. The van der Waals surface area contributed by atoms with Gasteiger partial charge in [-0.2, -0.15) is 0 Å². The molecule has 1 atom stereocenters. The minimum Gasteiger partial charge on any atom is -0.313 e. The van der Waals surface area contributed by atoms with E-state index in [-0.39, 0.29) is 0 Å². The molecule has 0 saturated carbocycles. The predicted molar refractivity (Wildman–Crippen MR) is 88.4 cm³/mol. The Balaban J connectivity index is 1.67. The average Bonchev–Trinajstić information content (AvgIpc) is 2.91. The third-order valence-electron chi connectivity index (χ3n) is 4.29. The first-order valence-electron chi connectivity index (χ1n) is 7.77. The molecule has 3 heteroatoms. The van der Waals surface area contributed by atoms with Gasteiger partial charge in [0.1, 0.15) is 0 Å². The SMILES string of the molecule is CCN(Cc1csc2ccccc12)CC1CCCCN1. The normalized spacial score (nSPS) is 19.8. The van der Waals surface area contributed by atoms with Crippen molar-refractivity contribution in [3.05, 3.63) is 35.2 Å². The zero-order valence-corrected chi connectivity index (χ0v) is 13.1. The maximum absolute atomic E-state index is 3.66. The zero-order valence-electron chi connectivity index (χ0n) is 12.3. The second kappa shape index (κ2) is 6.70. The number of nitrogens with zero attached hydrogens (tertiary/aromatic N) is 1. The Morgan fingerprint density at radius 1 is 1.30 bits per heavy atom. The van der Waals surface area contributed by atoms with Gasteiger partial charge in [0.2, 0.25) is 0 Å². The first kappa shape index (κ1) is 14.1. The molecule has 1 aromatic carbocycles. The minimum absolute atomic E-state index is 0.689. The van der Waals surface area contributed by atoms with Crippen LogP contribution in [-0.2, 0) is 6.54 Å². The Morgan fingerprint density at radius 2 is 2.20 bits per heavy atom. The van der Waals surface area contributed by atoms with E-state index in [2.05, 4.69) is 46.8 Å². The van der Waals surface area contributed by atoms with Gasteiger partial charge in [0.05, 0.1) is 0 Å². The van der Waals surface area contributed by atoms with E-state index in [0.717, 1.165) is 13.1 Å². The van der Waals surface area contributed by atoms with E-state index in [1.165, 1.54) is 48.0 Å². The monoisotopic (exact) mass is 288 g/mol. The average molecular weight is 288 g/mol. The molecule has 2 heterocycles. The predicted octanol–water partition coefficient (Wildman–Crippen LogP) is 3.87. The number of hydrogen-bond donors (Lipinski definition) is 1. The van der Waals surface area contributed by atoms with Gasteiger partial charge in [-0.15, -0.1) is 11.3 Å². The van der Waals surface area contributed by atoms with Crippen LogP contribution in [0.5, 0.6) is 0 Å². The molecule has 20 heavy (non-hydrogen) atoms. The molecule has 1 saturated heterocycles. The summed E-state index contributed by atoms with van der Waals surface area (Å²) in [6, 6.07) is 9.45. The van der Waals surface area contributed by atoms with Crippen molar-refractivity contribution in [3.63, 3.8) is 0 Å². The number of rotatable bonds is 5. The van der Waals surface area contributed by atoms with E-state index in [1.54, 1.807) is 0 Å². The molecule has 0 radical (unpaired) electrons. The van der Waals surface area contributed by atoms with Gasteiger partial charge >= 0.3 is 0 Å². The molecular formula is C17H24N2S. The Labute approximate surface area is 125 Å². The van der Waals surface area contributed by atoms with Crippen molar-refractivity contribution >= 4 is 21.4 Å². The molecule has 1 unspecified atom stereocenters. The Morgan fingerprint density at radius 3 is 3.00 bits per heavy atom. The van der Waals surface area contributed by atoms with E-state index in [4.69, 9.17) is 0 Å². The second-order valence-electron chi connectivity index (χ2n) is 5.73. The van der Waals surface area contributed by atoms with Crippen LogP contribution >= 0.6 is 11.3 Å². The highest BCUT2D eigenvalue weighted by Gasteiger charge is 2.16. The van der Waals surface area contributed by atoms with Gasteiger partial charge in [-0.1, -0.05) is 31.5 Å². The highest BCUT2D eigenvalue weighted by molar-refractivity contribution is 7.17. The molecule has 3 rings (SSSR count). The van der Waals surface area contributed by atoms with Crippen LogP contribution in [0.2, 0.25) is 0 Å². The van der Waals surface area contributed by atoms with Crippen LogP contribution in [0.4, 0.5) is 0 Å². The molecule has 1 fully saturated rings. The van der Waals surface area contributed by atoms with Crippen molar-refractivity contribution in [3.8, 4) is 0 Å². The fourth-order valence-electron chi connectivity index (χ4n) is 3.09. The lowest BCUT2D eigenvalue weighted by Crippen LogP contribution is -2.43. The summed E-state index contributed by atoms with van der Waals surface area (Å²) >= 11 is 1.87. The van der Waals surface area contributed by atoms with Gasteiger partial charge in [-0.3, -0.25) is 4.90 Å². The molecule has 2 nitrogen and oxygen atoms in total. The third kappa shape index (κ3) is 3.22. The number of piperidine rings is 1. The molecule has 1 N–H and O–H groups in total. The lowest BCUT2D eigenvalue weighted by atomic mass is 10.0. The van der Waals surface area contributed by atoms with Crippen molar-refractivity contribution in [2.24, 2.45) is 0 Å². The van der Waals surface area contributed by atoms with E-state index < -0.39 is 0 Å². The van der Waals surface area contributed by atoms with Crippen LogP contribution in [0.1, 0.15) is 31.7 Å². The second-order valence-corrected chi connectivity index (χ2v) is 6.64. The van der Waals surface area contributed by atoms with Gasteiger partial charge < -0.3 is 5.32 Å². The molecule has 2 aromatic rings. The van der Waals surface area contributed by atoms with E-state index in [0.29, 0.717) is 6.04 Å². The van der Waals surface area contributed by atoms with E-state index in [1.807, 2.05) is 11.3 Å². The third-order valence-corrected chi connectivity index (χ3v) is 5.31. The van der Waals surface area contributed by atoms with Crippen LogP contribution in [0.3, 0.4) is 0 Å². The van der Waals surface area contributed by atoms with Crippen molar-refractivity contribution < 1.29 is 0 Å². The number of fused-ring (bicyclic) bond motifs is 1. The van der Waals surface area contributed by atoms with Gasteiger partial charge in [-0.05, 0) is 48.3 Å². The quantitative estimate of drug-likeness (QED) is 0.898. The van der Waals surface area contributed by atoms with Gasteiger partial charge in [0, 0.05) is 23.8 Å². The maximum atomic E-state index is 3.66. The lowest BCUT2D eigenvalue weighted by molar-refractivity contribution is 0.227. The molecular weight excluding hydrogens is 264 g/mol. The van der Waals surface area contributed by atoms with E-state index in [9.17, 15) is 0 Å². The van der Waals surface area contributed by atoms with Crippen molar-refractivity contribution in [1.82, 2.24) is 10.2 Å². The summed E-state index contributed by atoms with van der Waals surface area (Å²) in [4.78, 5) is 2.58. The molecule has 1 aromatic heterocycles. The Kier molecular flexibility index (Phi) is 4.71. The van der Waals surface area contributed by atoms with Gasteiger partial charge in [0.15, 0.2) is 0 Å². The van der Waals surface area contributed by atoms with Crippen molar-refractivity contribution in [2.75, 3.05) is 19.6 Å². The van der Waals surface area contributed by atoms with E-state index >= 15 is 0 Å². The van der Waals surface area contributed by atoms with Crippen LogP contribution in [0.15, 0.2) is 29.6 Å². The summed E-state index contributed by atoms with van der Waals surface area (Å²) in [6.45, 7) is 6.86. The molecule has 1 aliphatic heterocycles. The summed E-state index contributed by atoms with van der Waals surface area (Å²) in [5.41, 5.74) is 1.49. The highest BCUT2D eigenvalue weighted by atomic mass is 32.1. The van der Waals surface area contributed by atoms with Crippen molar-refractivity contribution in [2.45, 2.75) is 38.8 Å². The minimum atomic E-state index is 0.689. The standard InChI is InChI=1S/C17H24N2S/c1-2-19(12-15-7-5-6-10-18-15)11-14-13-20-17-9-4-3-8-16(14)17/h3-4,8-9,13,15,18H,2,5-7,10-12H2,1H3. The highest BCUT2D eigenvalue weighted by Crippen LogP contribution is 2.26. The largest absolute Gasteiger partial charge is 0.313 e. The van der Waals surface area contributed by atoms with Crippen LogP contribution in [0.25, 0.3) is 10.1 Å². The molecule has 0 bridgehead atoms. The topological polar surface area (TPSA) is 15.3 Å². The molecule has 108 valence electrons. The molecule has 0 amide bonds. The number of likely N-dealkylation sites (N-methyl/N-ethyl adjacent to an activating group) is 1. The maximum Gasteiger partial charge on any atom is 0.0346 e. The summed E-state index contributed by atoms with van der Waals surface area (Å²) in [5, 5.41) is 7.43. The van der Waals surface area contributed by atoms with Crippen LogP contribution < -0.4 is 5.32 Å². The summed E-state index contributed by atoms with van der Waals surface area (Å²) < 4.78 is 1.41. The summed E-state index contributed by atoms with van der Waals surface area (Å²) in [7, 11) is 0. The Hall–Kier alpha value is -0.900. The summed E-state index contributed by atoms with van der Waals surface area (Å²) in [6.07, 6.45) is 4.06. The molecule has 0 aliphatic carbocycles. The summed E-state index contributed by atoms with van der Waals surface area (Å²) in [5.74, 6) is 0. The zero-order chi connectivity index (χ0) is 13.8. The number of benzene rings is 1. The molecule has 0 spiro atoms. The number of thiophene rings is 1. The van der Waals surface area contributed by atoms with Gasteiger partial charge in [0.25, 0.3) is 0 Å². The first-order chi connectivity index (χ1) is 9.86. The smallest absolute Gasteiger partial charge is 0.0346 e. The van der Waals surface area contributed by atoms with Crippen LogP contribution in [0, 0.1) is 0 Å². The van der Waals surface area contributed by atoms with Gasteiger partial charge in [-0.25, -0.2) is 0 Å². The lowest BCUT2D eigenvalue weighted by Gasteiger charge is -2.29. The molecule has 1 aliphatic rings. The Bertz CT molecular complexity index is 543.